The zero-order valence-electron chi connectivity index (χ0n) is 9.93. The number of hydrogen-bond donors (Lipinski definition) is 1. The first-order valence-corrected chi connectivity index (χ1v) is 5.87. The molecule has 1 saturated heterocycles. The van der Waals surface area contributed by atoms with Crippen LogP contribution in [0.25, 0.3) is 0 Å². The highest BCUT2D eigenvalue weighted by Crippen LogP contribution is 2.34. The molecule has 0 amide bonds. The van der Waals surface area contributed by atoms with Gasteiger partial charge in [0, 0.05) is 6.04 Å². The third-order valence-corrected chi connectivity index (χ3v) is 3.76. The van der Waals surface area contributed by atoms with Gasteiger partial charge in [0.15, 0.2) is 0 Å². The van der Waals surface area contributed by atoms with Gasteiger partial charge >= 0.3 is 6.18 Å². The molecule has 2 atom stereocenters. The van der Waals surface area contributed by atoms with Crippen molar-refractivity contribution in [2.75, 3.05) is 19.6 Å². The highest BCUT2D eigenvalue weighted by Gasteiger charge is 2.41. The van der Waals surface area contributed by atoms with Crippen molar-refractivity contribution in [3.05, 3.63) is 0 Å². The van der Waals surface area contributed by atoms with Crippen molar-refractivity contribution < 1.29 is 13.2 Å². The lowest BCUT2D eigenvalue weighted by atomic mass is 9.93. The summed E-state index contributed by atoms with van der Waals surface area (Å²) in [6.45, 7) is 5.75. The Morgan fingerprint density at radius 2 is 1.75 bits per heavy atom. The van der Waals surface area contributed by atoms with Crippen LogP contribution in [0, 0.1) is 11.8 Å². The van der Waals surface area contributed by atoms with E-state index in [-0.39, 0.29) is 18.9 Å². The standard InChI is InChI=1S/C11H21F3N2/c1-8(7-15)9(2)16-5-3-10(4-6-16)11(12,13)14/h8-10H,3-7,15H2,1-2H3. The fourth-order valence-corrected chi connectivity index (χ4v) is 2.19. The summed E-state index contributed by atoms with van der Waals surface area (Å²) in [6, 6.07) is 0.277. The van der Waals surface area contributed by atoms with Gasteiger partial charge in [-0.3, -0.25) is 0 Å². The molecule has 0 aromatic heterocycles. The van der Waals surface area contributed by atoms with Crippen molar-refractivity contribution in [1.82, 2.24) is 4.90 Å². The minimum absolute atomic E-state index is 0.227. The van der Waals surface area contributed by atoms with E-state index in [0.29, 0.717) is 25.6 Å². The van der Waals surface area contributed by atoms with Gasteiger partial charge in [-0.15, -0.1) is 0 Å². The zero-order valence-corrected chi connectivity index (χ0v) is 9.93. The van der Waals surface area contributed by atoms with E-state index in [9.17, 15) is 13.2 Å². The molecule has 0 saturated carbocycles. The van der Waals surface area contributed by atoms with Gasteiger partial charge in [-0.05, 0) is 45.3 Å². The van der Waals surface area contributed by atoms with Crippen LogP contribution < -0.4 is 5.73 Å². The number of rotatable bonds is 3. The molecule has 1 aliphatic rings. The van der Waals surface area contributed by atoms with Crippen LogP contribution in [0.2, 0.25) is 0 Å². The van der Waals surface area contributed by atoms with E-state index in [2.05, 4.69) is 4.90 Å². The molecule has 0 aromatic carbocycles. The van der Waals surface area contributed by atoms with Crippen molar-refractivity contribution in [2.45, 2.75) is 38.9 Å². The first-order chi connectivity index (χ1) is 7.36. The lowest BCUT2D eigenvalue weighted by molar-refractivity contribution is -0.186. The van der Waals surface area contributed by atoms with Gasteiger partial charge in [-0.25, -0.2) is 0 Å². The van der Waals surface area contributed by atoms with Gasteiger partial charge in [-0.1, -0.05) is 6.92 Å². The summed E-state index contributed by atoms with van der Waals surface area (Å²) in [5.41, 5.74) is 5.57. The lowest BCUT2D eigenvalue weighted by Crippen LogP contribution is -2.46. The topological polar surface area (TPSA) is 29.3 Å². The fourth-order valence-electron chi connectivity index (χ4n) is 2.19. The summed E-state index contributed by atoms with van der Waals surface area (Å²) in [5, 5.41) is 0. The number of piperidine rings is 1. The summed E-state index contributed by atoms with van der Waals surface area (Å²) in [7, 11) is 0. The Morgan fingerprint density at radius 1 is 1.25 bits per heavy atom. The Bertz CT molecular complexity index is 210. The highest BCUT2D eigenvalue weighted by molar-refractivity contribution is 4.81. The fraction of sp³-hybridized carbons (Fsp3) is 1.00. The molecule has 96 valence electrons. The van der Waals surface area contributed by atoms with Crippen LogP contribution in [0.5, 0.6) is 0 Å². The summed E-state index contributed by atoms with van der Waals surface area (Å²) in [5.74, 6) is -0.772. The van der Waals surface area contributed by atoms with Gasteiger partial charge in [-0.2, -0.15) is 13.2 Å². The van der Waals surface area contributed by atoms with E-state index in [1.165, 1.54) is 0 Å². The third kappa shape index (κ3) is 3.35. The normalized spacial score (nSPS) is 24.4. The first-order valence-electron chi connectivity index (χ1n) is 5.87. The maximum Gasteiger partial charge on any atom is 0.391 e. The third-order valence-electron chi connectivity index (χ3n) is 3.76. The van der Waals surface area contributed by atoms with Crippen molar-refractivity contribution in [3.8, 4) is 0 Å². The second-order valence-corrected chi connectivity index (χ2v) is 4.81. The van der Waals surface area contributed by atoms with E-state index < -0.39 is 12.1 Å². The predicted octanol–water partition coefficient (Wildman–Crippen LogP) is 2.24. The number of halogens is 3. The highest BCUT2D eigenvalue weighted by atomic mass is 19.4. The van der Waals surface area contributed by atoms with Crippen LogP contribution in [0.15, 0.2) is 0 Å². The largest absolute Gasteiger partial charge is 0.391 e. The van der Waals surface area contributed by atoms with Gasteiger partial charge in [0.05, 0.1) is 5.92 Å². The summed E-state index contributed by atoms with van der Waals surface area (Å²) in [4.78, 5) is 2.12. The van der Waals surface area contributed by atoms with Crippen LogP contribution in [-0.4, -0.2) is 36.8 Å². The zero-order chi connectivity index (χ0) is 12.3. The summed E-state index contributed by atoms with van der Waals surface area (Å²) >= 11 is 0. The van der Waals surface area contributed by atoms with Gasteiger partial charge in [0.1, 0.15) is 0 Å². The molecule has 16 heavy (non-hydrogen) atoms. The Labute approximate surface area is 95.0 Å². The molecule has 1 fully saturated rings. The number of nitrogens with two attached hydrogens (primary N) is 1. The number of nitrogens with zero attached hydrogens (tertiary/aromatic N) is 1. The summed E-state index contributed by atoms with van der Waals surface area (Å²) in [6.07, 6.45) is -3.56. The summed E-state index contributed by atoms with van der Waals surface area (Å²) < 4.78 is 37.4. The van der Waals surface area contributed by atoms with E-state index in [1.807, 2.05) is 13.8 Å². The molecular weight excluding hydrogens is 217 g/mol. The molecule has 0 aromatic rings. The second kappa shape index (κ2) is 5.36. The van der Waals surface area contributed by atoms with Crippen LogP contribution >= 0.6 is 0 Å². The van der Waals surface area contributed by atoms with Crippen LogP contribution in [0.4, 0.5) is 13.2 Å². The average Bonchev–Trinajstić information content (AvgIpc) is 2.26. The minimum atomic E-state index is -4.02. The molecular formula is C11H21F3N2. The van der Waals surface area contributed by atoms with Gasteiger partial charge in [0.25, 0.3) is 0 Å². The number of likely N-dealkylation sites (tertiary alicyclic amines) is 1. The lowest BCUT2D eigenvalue weighted by Gasteiger charge is -2.38. The smallest absolute Gasteiger partial charge is 0.330 e. The maximum atomic E-state index is 12.5. The molecule has 0 bridgehead atoms. The Hall–Kier alpha value is -0.290. The van der Waals surface area contributed by atoms with Crippen molar-refractivity contribution in [2.24, 2.45) is 17.6 Å². The Kier molecular flexibility index (Phi) is 4.62. The number of alkyl halides is 3. The predicted molar refractivity (Wildman–Crippen MR) is 58.0 cm³/mol. The Balaban J connectivity index is 2.43. The van der Waals surface area contributed by atoms with E-state index in [4.69, 9.17) is 5.73 Å². The number of hydrogen-bond acceptors (Lipinski definition) is 2. The molecule has 0 radical (unpaired) electrons. The van der Waals surface area contributed by atoms with Gasteiger partial charge < -0.3 is 10.6 Å². The minimum Gasteiger partial charge on any atom is -0.330 e. The van der Waals surface area contributed by atoms with Gasteiger partial charge in [0.2, 0.25) is 0 Å². The van der Waals surface area contributed by atoms with Crippen LogP contribution in [0.3, 0.4) is 0 Å². The van der Waals surface area contributed by atoms with E-state index >= 15 is 0 Å². The quantitative estimate of drug-likeness (QED) is 0.817. The molecule has 0 spiro atoms. The van der Waals surface area contributed by atoms with E-state index in [1.54, 1.807) is 0 Å². The monoisotopic (exact) mass is 238 g/mol. The van der Waals surface area contributed by atoms with Crippen molar-refractivity contribution in [1.29, 1.82) is 0 Å². The molecule has 2 nitrogen and oxygen atoms in total. The SMILES string of the molecule is CC(CN)C(C)N1CCC(C(F)(F)F)CC1. The van der Waals surface area contributed by atoms with Crippen LogP contribution in [0.1, 0.15) is 26.7 Å². The molecule has 2 N–H and O–H groups in total. The van der Waals surface area contributed by atoms with E-state index in [0.717, 1.165) is 0 Å². The molecule has 1 heterocycles. The molecule has 0 aliphatic carbocycles. The Morgan fingerprint density at radius 3 is 2.12 bits per heavy atom. The van der Waals surface area contributed by atoms with Crippen molar-refractivity contribution in [3.63, 3.8) is 0 Å². The molecule has 2 unspecified atom stereocenters. The van der Waals surface area contributed by atoms with Crippen LogP contribution in [-0.2, 0) is 0 Å². The maximum absolute atomic E-state index is 12.5. The molecule has 1 aliphatic heterocycles. The second-order valence-electron chi connectivity index (χ2n) is 4.81. The first kappa shape index (κ1) is 13.8. The van der Waals surface area contributed by atoms with Crippen molar-refractivity contribution >= 4 is 0 Å². The molecule has 1 rings (SSSR count). The average molecular weight is 238 g/mol. The molecule has 5 heteroatoms.